The van der Waals surface area contributed by atoms with Crippen LogP contribution in [0.5, 0.6) is 0 Å². The van der Waals surface area contributed by atoms with Crippen molar-refractivity contribution in [2.45, 2.75) is 31.8 Å². The molecule has 0 aliphatic carbocycles. The molecule has 0 spiro atoms. The molecule has 18 heavy (non-hydrogen) atoms. The van der Waals surface area contributed by atoms with E-state index in [4.69, 9.17) is 0 Å². The van der Waals surface area contributed by atoms with Gasteiger partial charge in [-0.2, -0.15) is 0 Å². The number of aromatic nitrogens is 3. The van der Waals surface area contributed by atoms with E-state index < -0.39 is 0 Å². The van der Waals surface area contributed by atoms with Crippen LogP contribution in [0.3, 0.4) is 0 Å². The van der Waals surface area contributed by atoms with Crippen molar-refractivity contribution in [3.8, 4) is 0 Å². The van der Waals surface area contributed by atoms with Crippen molar-refractivity contribution in [3.05, 3.63) is 34.6 Å². The van der Waals surface area contributed by atoms with E-state index in [-0.39, 0.29) is 5.56 Å². The van der Waals surface area contributed by atoms with Gasteiger partial charge in [-0.15, -0.1) is 5.10 Å². The van der Waals surface area contributed by atoms with E-state index in [2.05, 4.69) is 15.6 Å². The van der Waals surface area contributed by atoms with Crippen molar-refractivity contribution < 1.29 is 0 Å². The number of hydrogen-bond donors (Lipinski definition) is 1. The lowest BCUT2D eigenvalue weighted by Gasteiger charge is -2.23. The normalized spacial score (nSPS) is 20.1. The molecule has 5 nitrogen and oxygen atoms in total. The van der Waals surface area contributed by atoms with Crippen LogP contribution in [0, 0.1) is 0 Å². The van der Waals surface area contributed by atoms with Gasteiger partial charge in [0.15, 0.2) is 0 Å². The summed E-state index contributed by atoms with van der Waals surface area (Å²) in [6.45, 7) is 1.64. The summed E-state index contributed by atoms with van der Waals surface area (Å²) in [5.74, 6) is 0. The molecule has 5 heteroatoms. The first-order chi connectivity index (χ1) is 8.84. The molecule has 1 saturated heterocycles. The highest BCUT2D eigenvalue weighted by atomic mass is 16.1. The minimum absolute atomic E-state index is 0.0482. The molecular formula is C13H16N4O. The molecule has 0 bridgehead atoms. The Morgan fingerprint density at radius 2 is 2.22 bits per heavy atom. The molecule has 0 saturated carbocycles. The lowest BCUT2D eigenvalue weighted by atomic mass is 10.1. The molecule has 0 unspecified atom stereocenters. The van der Waals surface area contributed by atoms with E-state index in [9.17, 15) is 4.79 Å². The van der Waals surface area contributed by atoms with Gasteiger partial charge in [0, 0.05) is 6.04 Å². The first-order valence-electron chi connectivity index (χ1n) is 6.40. The minimum Gasteiger partial charge on any atom is -0.312 e. The van der Waals surface area contributed by atoms with Crippen molar-refractivity contribution in [1.82, 2.24) is 20.3 Å². The molecule has 2 heterocycles. The molecular weight excluding hydrogens is 228 g/mol. The fraction of sp³-hybridized carbons (Fsp3) is 0.462. The summed E-state index contributed by atoms with van der Waals surface area (Å²) < 4.78 is 1.48. The van der Waals surface area contributed by atoms with E-state index in [1.54, 1.807) is 6.07 Å². The van der Waals surface area contributed by atoms with Gasteiger partial charge in [0.1, 0.15) is 5.52 Å². The van der Waals surface area contributed by atoms with Crippen LogP contribution in [0.25, 0.3) is 10.9 Å². The van der Waals surface area contributed by atoms with Gasteiger partial charge >= 0.3 is 0 Å². The zero-order valence-corrected chi connectivity index (χ0v) is 10.2. The van der Waals surface area contributed by atoms with Crippen LogP contribution < -0.4 is 10.9 Å². The molecule has 1 fully saturated rings. The van der Waals surface area contributed by atoms with Crippen LogP contribution >= 0.6 is 0 Å². The van der Waals surface area contributed by atoms with E-state index in [0.29, 0.717) is 23.5 Å². The Bertz CT molecular complexity index is 601. The zero-order chi connectivity index (χ0) is 12.4. The monoisotopic (exact) mass is 244 g/mol. The summed E-state index contributed by atoms with van der Waals surface area (Å²) in [4.78, 5) is 12.2. The Hall–Kier alpha value is -1.75. The van der Waals surface area contributed by atoms with Gasteiger partial charge in [-0.3, -0.25) is 4.79 Å². The first kappa shape index (κ1) is 11.3. The number of piperidine rings is 1. The largest absolute Gasteiger partial charge is 0.312 e. The van der Waals surface area contributed by atoms with Crippen molar-refractivity contribution in [2.75, 3.05) is 6.54 Å². The van der Waals surface area contributed by atoms with E-state index in [0.717, 1.165) is 13.0 Å². The average Bonchev–Trinajstić information content (AvgIpc) is 2.43. The zero-order valence-electron chi connectivity index (χ0n) is 10.2. The van der Waals surface area contributed by atoms with Gasteiger partial charge < -0.3 is 5.32 Å². The van der Waals surface area contributed by atoms with Crippen molar-refractivity contribution >= 4 is 10.9 Å². The molecule has 94 valence electrons. The van der Waals surface area contributed by atoms with Gasteiger partial charge in [-0.05, 0) is 31.5 Å². The van der Waals surface area contributed by atoms with E-state index in [1.165, 1.54) is 17.5 Å². The Kier molecular flexibility index (Phi) is 3.06. The molecule has 1 atom stereocenters. The Balaban J connectivity index is 1.92. The molecule has 1 aliphatic heterocycles. The summed E-state index contributed by atoms with van der Waals surface area (Å²) in [6, 6.07) is 7.68. The van der Waals surface area contributed by atoms with Gasteiger partial charge in [0.2, 0.25) is 0 Å². The highest BCUT2D eigenvalue weighted by Crippen LogP contribution is 2.08. The summed E-state index contributed by atoms with van der Waals surface area (Å²) in [5, 5.41) is 12.2. The summed E-state index contributed by atoms with van der Waals surface area (Å²) in [7, 11) is 0. The lowest BCUT2D eigenvalue weighted by Crippen LogP contribution is -2.40. The molecule has 1 aliphatic rings. The second kappa shape index (κ2) is 4.86. The maximum atomic E-state index is 12.2. The maximum Gasteiger partial charge on any atom is 0.277 e. The highest BCUT2D eigenvalue weighted by Gasteiger charge is 2.15. The minimum atomic E-state index is -0.0482. The lowest BCUT2D eigenvalue weighted by molar-refractivity contribution is 0.341. The van der Waals surface area contributed by atoms with Crippen LogP contribution in [0.2, 0.25) is 0 Å². The highest BCUT2D eigenvalue weighted by molar-refractivity contribution is 5.76. The summed E-state index contributed by atoms with van der Waals surface area (Å²) in [5.41, 5.74) is 0.614. The molecule has 0 radical (unpaired) electrons. The van der Waals surface area contributed by atoms with Crippen molar-refractivity contribution in [1.29, 1.82) is 0 Å². The second-order valence-electron chi connectivity index (χ2n) is 4.74. The predicted molar refractivity (Wildman–Crippen MR) is 69.4 cm³/mol. The van der Waals surface area contributed by atoms with Crippen molar-refractivity contribution in [2.24, 2.45) is 0 Å². The maximum absolute atomic E-state index is 12.2. The van der Waals surface area contributed by atoms with Gasteiger partial charge in [-0.25, -0.2) is 4.68 Å². The summed E-state index contributed by atoms with van der Waals surface area (Å²) in [6.07, 6.45) is 3.53. The number of rotatable bonds is 2. The molecule has 3 rings (SSSR count). The van der Waals surface area contributed by atoms with Crippen LogP contribution in [-0.4, -0.2) is 27.6 Å². The van der Waals surface area contributed by atoms with E-state index >= 15 is 0 Å². The Morgan fingerprint density at radius 3 is 3.06 bits per heavy atom. The van der Waals surface area contributed by atoms with Crippen LogP contribution in [0.1, 0.15) is 19.3 Å². The standard InChI is InChI=1S/C13H16N4O/c18-13-11-6-1-2-7-12(11)15-16-17(13)9-10-5-3-4-8-14-10/h1-2,6-7,10,14H,3-5,8-9H2/t10-/m1/s1. The number of nitrogens with one attached hydrogen (secondary N) is 1. The quantitative estimate of drug-likeness (QED) is 0.854. The molecule has 1 aromatic heterocycles. The van der Waals surface area contributed by atoms with Crippen LogP contribution in [0.15, 0.2) is 29.1 Å². The van der Waals surface area contributed by atoms with Crippen LogP contribution in [0.4, 0.5) is 0 Å². The summed E-state index contributed by atoms with van der Waals surface area (Å²) >= 11 is 0. The Morgan fingerprint density at radius 1 is 1.33 bits per heavy atom. The SMILES string of the molecule is O=c1c2ccccc2nnn1C[C@H]1CCCCN1. The van der Waals surface area contributed by atoms with Gasteiger partial charge in [0.25, 0.3) is 5.56 Å². The third kappa shape index (κ3) is 2.13. The van der Waals surface area contributed by atoms with Gasteiger partial charge in [-0.1, -0.05) is 23.8 Å². The Labute approximate surface area is 105 Å². The number of fused-ring (bicyclic) bond motifs is 1. The molecule has 1 aromatic carbocycles. The number of nitrogens with zero attached hydrogens (tertiary/aromatic N) is 3. The van der Waals surface area contributed by atoms with Crippen molar-refractivity contribution in [3.63, 3.8) is 0 Å². The molecule has 1 N–H and O–H groups in total. The third-order valence-electron chi connectivity index (χ3n) is 3.44. The average molecular weight is 244 g/mol. The number of benzene rings is 1. The smallest absolute Gasteiger partial charge is 0.277 e. The predicted octanol–water partition coefficient (Wildman–Crippen LogP) is 0.934. The molecule has 2 aromatic rings. The second-order valence-corrected chi connectivity index (χ2v) is 4.74. The van der Waals surface area contributed by atoms with Gasteiger partial charge in [0.05, 0.1) is 11.9 Å². The fourth-order valence-electron chi connectivity index (χ4n) is 2.43. The third-order valence-corrected chi connectivity index (χ3v) is 3.44. The first-order valence-corrected chi connectivity index (χ1v) is 6.40. The topological polar surface area (TPSA) is 59.8 Å². The number of hydrogen-bond acceptors (Lipinski definition) is 4. The fourth-order valence-corrected chi connectivity index (χ4v) is 2.43. The van der Waals surface area contributed by atoms with E-state index in [1.807, 2.05) is 18.2 Å². The van der Waals surface area contributed by atoms with Crippen LogP contribution in [-0.2, 0) is 6.54 Å². The molecule has 0 amide bonds.